The first-order valence-electron chi connectivity index (χ1n) is 6.09. The zero-order valence-electron chi connectivity index (χ0n) is 11.0. The van der Waals surface area contributed by atoms with E-state index in [1.165, 1.54) is 0 Å². The first-order valence-corrected chi connectivity index (χ1v) is 6.09. The fraction of sp³-hybridized carbons (Fsp3) is 0.833. The van der Waals surface area contributed by atoms with Gasteiger partial charge >= 0.3 is 11.9 Å². The summed E-state index contributed by atoms with van der Waals surface area (Å²) in [6.07, 6.45) is 1.57. The number of esters is 2. The molecule has 0 N–H and O–H groups in total. The molecule has 0 unspecified atom stereocenters. The Morgan fingerprint density at radius 3 is 2.00 bits per heavy atom. The molecule has 0 saturated carbocycles. The Balaban J connectivity index is 3.49. The number of hydrogen-bond acceptors (Lipinski definition) is 5. The van der Waals surface area contributed by atoms with Crippen LogP contribution in [0.4, 0.5) is 0 Å². The Kier molecular flexibility index (Phi) is 9.43. The molecule has 0 bridgehead atoms. The Morgan fingerprint density at radius 2 is 1.47 bits per heavy atom. The molecule has 17 heavy (non-hydrogen) atoms. The van der Waals surface area contributed by atoms with Gasteiger partial charge in [-0.3, -0.25) is 9.59 Å². The molecule has 0 spiro atoms. The summed E-state index contributed by atoms with van der Waals surface area (Å²) in [5.74, 6) is -0.337. The van der Waals surface area contributed by atoms with Crippen LogP contribution in [0.5, 0.6) is 0 Å². The van der Waals surface area contributed by atoms with Crippen molar-refractivity contribution in [3.63, 3.8) is 0 Å². The van der Waals surface area contributed by atoms with E-state index in [1.54, 1.807) is 13.8 Å². The molecular formula is C12H23NO4. The molecule has 0 aromatic rings. The second-order valence-corrected chi connectivity index (χ2v) is 3.77. The van der Waals surface area contributed by atoms with Crippen molar-refractivity contribution in [1.82, 2.24) is 4.90 Å². The minimum Gasteiger partial charge on any atom is -0.466 e. The van der Waals surface area contributed by atoms with Crippen LogP contribution < -0.4 is 0 Å². The summed E-state index contributed by atoms with van der Waals surface area (Å²) >= 11 is 0. The normalized spacial score (nSPS) is 10.4. The smallest absolute Gasteiger partial charge is 0.307 e. The van der Waals surface area contributed by atoms with Crippen LogP contribution in [0.15, 0.2) is 0 Å². The molecule has 0 aliphatic carbocycles. The van der Waals surface area contributed by atoms with E-state index >= 15 is 0 Å². The van der Waals surface area contributed by atoms with E-state index < -0.39 is 0 Å². The van der Waals surface area contributed by atoms with E-state index in [-0.39, 0.29) is 11.9 Å². The summed E-state index contributed by atoms with van der Waals surface area (Å²) in [7, 11) is 1.92. The molecule has 0 fully saturated rings. The van der Waals surface area contributed by atoms with Gasteiger partial charge in [0.25, 0.3) is 0 Å². The highest BCUT2D eigenvalue weighted by atomic mass is 16.5. The molecule has 0 atom stereocenters. The maximum absolute atomic E-state index is 11.1. The van der Waals surface area contributed by atoms with Gasteiger partial charge in [-0.1, -0.05) is 0 Å². The quantitative estimate of drug-likeness (QED) is 0.572. The molecule has 0 aromatic heterocycles. The van der Waals surface area contributed by atoms with Crippen LogP contribution in [0, 0.1) is 0 Å². The van der Waals surface area contributed by atoms with Gasteiger partial charge in [-0.2, -0.15) is 0 Å². The number of hydrogen-bond donors (Lipinski definition) is 0. The van der Waals surface area contributed by atoms with Crippen molar-refractivity contribution in [1.29, 1.82) is 0 Å². The van der Waals surface area contributed by atoms with Crippen molar-refractivity contribution < 1.29 is 19.1 Å². The number of carbonyl (C=O) groups is 2. The minimum atomic E-state index is -0.176. The lowest BCUT2D eigenvalue weighted by Gasteiger charge is -2.15. The van der Waals surface area contributed by atoms with Gasteiger partial charge in [0.05, 0.1) is 19.6 Å². The Hall–Kier alpha value is -1.10. The summed E-state index contributed by atoms with van der Waals surface area (Å²) in [5.41, 5.74) is 0. The molecule has 100 valence electrons. The summed E-state index contributed by atoms with van der Waals surface area (Å²) in [5, 5.41) is 0. The molecule has 0 aliphatic heterocycles. The predicted molar refractivity (Wildman–Crippen MR) is 64.6 cm³/mol. The number of nitrogens with zero attached hydrogens (tertiary/aromatic N) is 1. The SMILES string of the molecule is CCOC(=O)CCCN(C)CCC(=O)OCC. The van der Waals surface area contributed by atoms with Gasteiger partial charge in [-0.25, -0.2) is 0 Å². The number of rotatable bonds is 9. The van der Waals surface area contributed by atoms with Crippen LogP contribution in [0.25, 0.3) is 0 Å². The third-order valence-corrected chi connectivity index (χ3v) is 2.23. The van der Waals surface area contributed by atoms with Crippen molar-refractivity contribution >= 4 is 11.9 Å². The average molecular weight is 245 g/mol. The monoisotopic (exact) mass is 245 g/mol. The highest BCUT2D eigenvalue weighted by Gasteiger charge is 2.06. The zero-order valence-corrected chi connectivity index (χ0v) is 11.0. The van der Waals surface area contributed by atoms with Crippen LogP contribution >= 0.6 is 0 Å². The topological polar surface area (TPSA) is 55.8 Å². The minimum absolute atomic E-state index is 0.161. The molecule has 0 amide bonds. The average Bonchev–Trinajstić information content (AvgIpc) is 2.27. The summed E-state index contributed by atoms with van der Waals surface area (Å²) < 4.78 is 9.65. The van der Waals surface area contributed by atoms with Gasteiger partial charge in [0.1, 0.15) is 0 Å². The third kappa shape index (κ3) is 9.81. The van der Waals surface area contributed by atoms with Gasteiger partial charge in [0.15, 0.2) is 0 Å². The van der Waals surface area contributed by atoms with Crippen molar-refractivity contribution in [3.8, 4) is 0 Å². The fourth-order valence-electron chi connectivity index (χ4n) is 1.35. The van der Waals surface area contributed by atoms with E-state index in [1.807, 2.05) is 11.9 Å². The second kappa shape index (κ2) is 10.1. The van der Waals surface area contributed by atoms with Crippen molar-refractivity contribution in [3.05, 3.63) is 0 Å². The molecule has 0 radical (unpaired) electrons. The maximum Gasteiger partial charge on any atom is 0.307 e. The molecule has 0 aliphatic rings. The van der Waals surface area contributed by atoms with Crippen LogP contribution in [0.2, 0.25) is 0 Å². The third-order valence-electron chi connectivity index (χ3n) is 2.23. The van der Waals surface area contributed by atoms with E-state index in [2.05, 4.69) is 0 Å². The van der Waals surface area contributed by atoms with Crippen LogP contribution in [0.1, 0.15) is 33.1 Å². The Bertz CT molecular complexity index is 231. The van der Waals surface area contributed by atoms with Crippen LogP contribution in [-0.4, -0.2) is 50.2 Å². The van der Waals surface area contributed by atoms with Crippen molar-refractivity contribution in [2.24, 2.45) is 0 Å². The highest BCUT2D eigenvalue weighted by molar-refractivity contribution is 5.69. The molecule has 5 nitrogen and oxygen atoms in total. The summed E-state index contributed by atoms with van der Waals surface area (Å²) in [4.78, 5) is 24.2. The molecule has 0 rings (SSSR count). The van der Waals surface area contributed by atoms with E-state index in [4.69, 9.17) is 9.47 Å². The summed E-state index contributed by atoms with van der Waals surface area (Å²) in [6.45, 7) is 5.87. The van der Waals surface area contributed by atoms with E-state index in [0.29, 0.717) is 32.6 Å². The molecule has 0 aromatic carbocycles. The Morgan fingerprint density at radius 1 is 0.941 bits per heavy atom. The predicted octanol–water partition coefficient (Wildman–Crippen LogP) is 1.21. The standard InChI is InChI=1S/C12H23NO4/c1-4-16-11(14)7-6-9-13(3)10-8-12(15)17-5-2/h4-10H2,1-3H3. The van der Waals surface area contributed by atoms with E-state index in [9.17, 15) is 9.59 Å². The fourth-order valence-corrected chi connectivity index (χ4v) is 1.35. The second-order valence-electron chi connectivity index (χ2n) is 3.77. The van der Waals surface area contributed by atoms with Crippen molar-refractivity contribution in [2.45, 2.75) is 33.1 Å². The molecule has 5 heteroatoms. The van der Waals surface area contributed by atoms with Gasteiger partial charge in [-0.05, 0) is 33.9 Å². The van der Waals surface area contributed by atoms with Crippen molar-refractivity contribution in [2.75, 3.05) is 33.4 Å². The zero-order chi connectivity index (χ0) is 13.1. The first kappa shape index (κ1) is 15.9. The largest absolute Gasteiger partial charge is 0.466 e. The van der Waals surface area contributed by atoms with Crippen LogP contribution in [0.3, 0.4) is 0 Å². The Labute approximate surface area is 103 Å². The van der Waals surface area contributed by atoms with Gasteiger partial charge < -0.3 is 14.4 Å². The lowest BCUT2D eigenvalue weighted by molar-refractivity contribution is -0.144. The number of carbonyl (C=O) groups excluding carboxylic acids is 2. The summed E-state index contributed by atoms with van der Waals surface area (Å²) in [6, 6.07) is 0. The van der Waals surface area contributed by atoms with Crippen LogP contribution in [-0.2, 0) is 19.1 Å². The first-order chi connectivity index (χ1) is 8.10. The highest BCUT2D eigenvalue weighted by Crippen LogP contribution is 1.97. The molecular weight excluding hydrogens is 222 g/mol. The molecule has 0 heterocycles. The lowest BCUT2D eigenvalue weighted by atomic mass is 10.3. The maximum atomic E-state index is 11.1. The molecule has 0 saturated heterocycles. The van der Waals surface area contributed by atoms with Gasteiger partial charge in [-0.15, -0.1) is 0 Å². The number of ether oxygens (including phenoxy) is 2. The van der Waals surface area contributed by atoms with Gasteiger partial charge in [0.2, 0.25) is 0 Å². The van der Waals surface area contributed by atoms with E-state index in [0.717, 1.165) is 13.0 Å². The lowest BCUT2D eigenvalue weighted by Crippen LogP contribution is -2.24. The van der Waals surface area contributed by atoms with Gasteiger partial charge in [0, 0.05) is 13.0 Å².